The molecular weight excluding hydrogens is 200 g/mol. The van der Waals surface area contributed by atoms with E-state index in [9.17, 15) is 0 Å². The number of nitrogen functional groups attached to an aromatic ring is 1. The van der Waals surface area contributed by atoms with Gasteiger partial charge in [0.2, 0.25) is 0 Å². The molecule has 88 valence electrons. The van der Waals surface area contributed by atoms with Crippen molar-refractivity contribution in [1.82, 2.24) is 5.32 Å². The quantitative estimate of drug-likeness (QED) is 0.762. The summed E-state index contributed by atoms with van der Waals surface area (Å²) in [6.45, 7) is 4.83. The van der Waals surface area contributed by atoms with Gasteiger partial charge in [-0.25, -0.2) is 0 Å². The van der Waals surface area contributed by atoms with Crippen molar-refractivity contribution in [1.29, 1.82) is 0 Å². The van der Waals surface area contributed by atoms with E-state index >= 15 is 0 Å². The van der Waals surface area contributed by atoms with E-state index in [1.54, 1.807) is 0 Å². The zero-order chi connectivity index (χ0) is 11.4. The number of nitrogens with one attached hydrogen (secondary N) is 1. The fourth-order valence-electron chi connectivity index (χ4n) is 2.15. The second-order valence-electron chi connectivity index (χ2n) is 4.75. The molecule has 0 radical (unpaired) electrons. The molecule has 0 bridgehead atoms. The van der Waals surface area contributed by atoms with Crippen LogP contribution in [0.15, 0.2) is 24.3 Å². The molecule has 3 nitrogen and oxygen atoms in total. The second kappa shape index (κ2) is 4.85. The van der Waals surface area contributed by atoms with Crippen LogP contribution in [0.5, 0.6) is 0 Å². The molecule has 1 fully saturated rings. The van der Waals surface area contributed by atoms with Crippen LogP contribution in [0.25, 0.3) is 0 Å². The van der Waals surface area contributed by atoms with E-state index in [1.807, 2.05) is 18.2 Å². The Morgan fingerprint density at radius 2 is 2.38 bits per heavy atom. The van der Waals surface area contributed by atoms with E-state index in [4.69, 9.17) is 10.5 Å². The first-order valence-electron chi connectivity index (χ1n) is 5.87. The molecule has 0 spiro atoms. The predicted molar refractivity (Wildman–Crippen MR) is 66.2 cm³/mol. The summed E-state index contributed by atoms with van der Waals surface area (Å²) < 4.78 is 5.71. The fourth-order valence-corrected chi connectivity index (χ4v) is 2.15. The summed E-state index contributed by atoms with van der Waals surface area (Å²) in [5, 5.41) is 3.43. The van der Waals surface area contributed by atoms with Gasteiger partial charge in [0.15, 0.2) is 0 Å². The Hall–Kier alpha value is -1.06. The van der Waals surface area contributed by atoms with Gasteiger partial charge in [-0.3, -0.25) is 0 Å². The SMILES string of the molecule is CC1(CNCc2cccc(N)c2)CCCO1. The van der Waals surface area contributed by atoms with Crippen LogP contribution in [-0.2, 0) is 11.3 Å². The number of hydrogen-bond acceptors (Lipinski definition) is 3. The molecule has 1 unspecified atom stereocenters. The summed E-state index contributed by atoms with van der Waals surface area (Å²) in [6, 6.07) is 7.98. The molecule has 0 aromatic heterocycles. The number of hydrogen-bond donors (Lipinski definition) is 2. The van der Waals surface area contributed by atoms with Gasteiger partial charge in [-0.05, 0) is 37.5 Å². The van der Waals surface area contributed by atoms with Gasteiger partial charge >= 0.3 is 0 Å². The Labute approximate surface area is 97.0 Å². The molecule has 3 heteroatoms. The van der Waals surface area contributed by atoms with Crippen molar-refractivity contribution >= 4 is 5.69 Å². The molecule has 1 saturated heterocycles. The zero-order valence-corrected chi connectivity index (χ0v) is 9.83. The van der Waals surface area contributed by atoms with Crippen molar-refractivity contribution in [2.24, 2.45) is 0 Å². The maximum Gasteiger partial charge on any atom is 0.0779 e. The van der Waals surface area contributed by atoms with Gasteiger partial charge < -0.3 is 15.8 Å². The van der Waals surface area contributed by atoms with Gasteiger partial charge in [-0.15, -0.1) is 0 Å². The van der Waals surface area contributed by atoms with Crippen molar-refractivity contribution in [3.63, 3.8) is 0 Å². The number of nitrogens with two attached hydrogens (primary N) is 1. The molecule has 1 heterocycles. The molecule has 16 heavy (non-hydrogen) atoms. The summed E-state index contributed by atoms with van der Waals surface area (Å²) in [4.78, 5) is 0. The number of ether oxygens (including phenoxy) is 1. The molecule has 0 amide bonds. The van der Waals surface area contributed by atoms with Gasteiger partial charge in [0.05, 0.1) is 5.60 Å². The topological polar surface area (TPSA) is 47.3 Å². The molecular formula is C13H20N2O. The average Bonchev–Trinajstić information content (AvgIpc) is 2.65. The molecule has 3 N–H and O–H groups in total. The van der Waals surface area contributed by atoms with E-state index < -0.39 is 0 Å². The Kier molecular flexibility index (Phi) is 3.46. The maximum atomic E-state index is 5.73. The van der Waals surface area contributed by atoms with Crippen LogP contribution in [0.4, 0.5) is 5.69 Å². The largest absolute Gasteiger partial charge is 0.399 e. The summed E-state index contributed by atoms with van der Waals surface area (Å²) in [5.41, 5.74) is 7.80. The summed E-state index contributed by atoms with van der Waals surface area (Å²) in [5.74, 6) is 0. The summed E-state index contributed by atoms with van der Waals surface area (Å²) >= 11 is 0. The maximum absolute atomic E-state index is 5.73. The summed E-state index contributed by atoms with van der Waals surface area (Å²) in [7, 11) is 0. The van der Waals surface area contributed by atoms with Gasteiger partial charge in [0.25, 0.3) is 0 Å². The second-order valence-corrected chi connectivity index (χ2v) is 4.75. The van der Waals surface area contributed by atoms with E-state index in [-0.39, 0.29) is 5.60 Å². The fraction of sp³-hybridized carbons (Fsp3) is 0.538. The first-order valence-corrected chi connectivity index (χ1v) is 5.87. The van der Waals surface area contributed by atoms with Gasteiger partial charge in [-0.1, -0.05) is 12.1 Å². The van der Waals surface area contributed by atoms with Crippen LogP contribution in [0.3, 0.4) is 0 Å². The lowest BCUT2D eigenvalue weighted by molar-refractivity contribution is 0.0207. The van der Waals surface area contributed by atoms with Crippen LogP contribution >= 0.6 is 0 Å². The van der Waals surface area contributed by atoms with Gasteiger partial charge in [0.1, 0.15) is 0 Å². The van der Waals surface area contributed by atoms with Crippen LogP contribution in [0, 0.1) is 0 Å². The minimum atomic E-state index is 0.0281. The third-order valence-electron chi connectivity index (χ3n) is 3.08. The van der Waals surface area contributed by atoms with Gasteiger partial charge in [0, 0.05) is 25.4 Å². The Morgan fingerprint density at radius 1 is 1.50 bits per heavy atom. The Balaban J connectivity index is 1.79. The highest BCUT2D eigenvalue weighted by molar-refractivity contribution is 5.40. The van der Waals surface area contributed by atoms with E-state index in [0.717, 1.165) is 31.8 Å². The van der Waals surface area contributed by atoms with Crippen molar-refractivity contribution in [2.75, 3.05) is 18.9 Å². The van der Waals surface area contributed by atoms with E-state index in [2.05, 4.69) is 18.3 Å². The first-order chi connectivity index (χ1) is 7.68. The standard InChI is InChI=1S/C13H20N2O/c1-13(6-3-7-16-13)10-15-9-11-4-2-5-12(14)8-11/h2,4-5,8,15H,3,6-7,9-10,14H2,1H3. The van der Waals surface area contributed by atoms with Crippen molar-refractivity contribution in [2.45, 2.75) is 31.9 Å². The van der Waals surface area contributed by atoms with E-state index in [1.165, 1.54) is 12.0 Å². The van der Waals surface area contributed by atoms with Crippen molar-refractivity contribution in [3.8, 4) is 0 Å². The average molecular weight is 220 g/mol. The Morgan fingerprint density at radius 3 is 3.06 bits per heavy atom. The van der Waals surface area contributed by atoms with Crippen molar-refractivity contribution < 1.29 is 4.74 Å². The monoisotopic (exact) mass is 220 g/mol. The smallest absolute Gasteiger partial charge is 0.0779 e. The van der Waals surface area contributed by atoms with Crippen LogP contribution < -0.4 is 11.1 Å². The molecule has 2 rings (SSSR count). The molecule has 1 aliphatic rings. The first kappa shape index (κ1) is 11.4. The molecule has 1 aromatic carbocycles. The lowest BCUT2D eigenvalue weighted by Gasteiger charge is -2.23. The third-order valence-corrected chi connectivity index (χ3v) is 3.08. The van der Waals surface area contributed by atoms with Crippen LogP contribution in [0.1, 0.15) is 25.3 Å². The number of rotatable bonds is 4. The van der Waals surface area contributed by atoms with E-state index in [0.29, 0.717) is 0 Å². The molecule has 1 atom stereocenters. The lowest BCUT2D eigenvalue weighted by Crippen LogP contribution is -2.36. The minimum absolute atomic E-state index is 0.0281. The van der Waals surface area contributed by atoms with Crippen molar-refractivity contribution in [3.05, 3.63) is 29.8 Å². The third kappa shape index (κ3) is 2.97. The molecule has 0 saturated carbocycles. The number of anilines is 1. The highest BCUT2D eigenvalue weighted by Gasteiger charge is 2.28. The normalized spacial score (nSPS) is 24.8. The zero-order valence-electron chi connectivity index (χ0n) is 9.83. The highest BCUT2D eigenvalue weighted by atomic mass is 16.5. The predicted octanol–water partition coefficient (Wildman–Crippen LogP) is 1.93. The molecule has 1 aliphatic heterocycles. The Bertz CT molecular complexity index is 346. The molecule has 0 aliphatic carbocycles. The molecule has 1 aromatic rings. The lowest BCUT2D eigenvalue weighted by atomic mass is 10.0. The number of benzene rings is 1. The summed E-state index contributed by atoms with van der Waals surface area (Å²) in [6.07, 6.45) is 2.33. The van der Waals surface area contributed by atoms with Crippen LogP contribution in [0.2, 0.25) is 0 Å². The highest BCUT2D eigenvalue weighted by Crippen LogP contribution is 2.23. The minimum Gasteiger partial charge on any atom is -0.399 e. The van der Waals surface area contributed by atoms with Crippen LogP contribution in [-0.4, -0.2) is 18.8 Å². The van der Waals surface area contributed by atoms with Gasteiger partial charge in [-0.2, -0.15) is 0 Å².